The fraction of sp³-hybridized carbons (Fsp3) is 0.227. The number of sulfonamides is 1. The van der Waals surface area contributed by atoms with Crippen molar-refractivity contribution >= 4 is 44.0 Å². The molecular formula is C22H21ClN2O4S. The second-order valence-electron chi connectivity index (χ2n) is 7.37. The van der Waals surface area contributed by atoms with Crippen LogP contribution in [-0.2, 0) is 16.4 Å². The Labute approximate surface area is 180 Å². The highest BCUT2D eigenvalue weighted by Gasteiger charge is 2.30. The van der Waals surface area contributed by atoms with Crippen molar-refractivity contribution in [2.75, 3.05) is 25.1 Å². The number of aliphatic hydroxyl groups is 1. The molecule has 0 aliphatic carbocycles. The van der Waals surface area contributed by atoms with Crippen molar-refractivity contribution in [2.24, 2.45) is 5.92 Å². The zero-order chi connectivity index (χ0) is 21.5. The van der Waals surface area contributed by atoms with E-state index >= 15 is 0 Å². The van der Waals surface area contributed by atoms with Gasteiger partial charge < -0.3 is 10.0 Å². The van der Waals surface area contributed by atoms with Crippen molar-refractivity contribution in [3.63, 3.8) is 0 Å². The summed E-state index contributed by atoms with van der Waals surface area (Å²) in [6.45, 7) is -0.122. The predicted molar refractivity (Wildman–Crippen MR) is 118 cm³/mol. The van der Waals surface area contributed by atoms with E-state index in [1.54, 1.807) is 37.4 Å². The Morgan fingerprint density at radius 1 is 1.10 bits per heavy atom. The van der Waals surface area contributed by atoms with Gasteiger partial charge in [-0.15, -0.1) is 0 Å². The third-order valence-electron chi connectivity index (χ3n) is 5.45. The van der Waals surface area contributed by atoms with E-state index in [2.05, 4.69) is 4.72 Å². The molecule has 2 N–H and O–H groups in total. The molecule has 6 nitrogen and oxygen atoms in total. The van der Waals surface area contributed by atoms with Crippen molar-refractivity contribution in [1.29, 1.82) is 0 Å². The molecule has 1 amide bonds. The number of nitrogens with zero attached hydrogens (tertiary/aromatic N) is 1. The van der Waals surface area contributed by atoms with Gasteiger partial charge in [-0.05, 0) is 42.2 Å². The molecule has 0 bridgehead atoms. The Kier molecular flexibility index (Phi) is 5.55. The van der Waals surface area contributed by atoms with Crippen LogP contribution in [0, 0.1) is 5.92 Å². The highest BCUT2D eigenvalue weighted by atomic mass is 35.5. The first-order chi connectivity index (χ1) is 14.3. The number of aliphatic hydroxyl groups excluding tert-OH is 1. The van der Waals surface area contributed by atoms with Crippen LogP contribution in [0.5, 0.6) is 0 Å². The maximum Gasteiger partial charge on any atom is 0.258 e. The Morgan fingerprint density at radius 3 is 2.60 bits per heavy atom. The molecule has 1 aliphatic rings. The van der Waals surface area contributed by atoms with Gasteiger partial charge in [0.25, 0.3) is 5.91 Å². The van der Waals surface area contributed by atoms with E-state index in [1.165, 1.54) is 11.0 Å². The number of benzene rings is 3. The molecule has 156 valence electrons. The van der Waals surface area contributed by atoms with Crippen LogP contribution in [0.1, 0.15) is 15.9 Å². The molecule has 0 saturated carbocycles. The molecule has 0 spiro atoms. The van der Waals surface area contributed by atoms with Crippen molar-refractivity contribution in [2.45, 2.75) is 11.3 Å². The van der Waals surface area contributed by atoms with Crippen LogP contribution in [0.2, 0.25) is 5.02 Å². The smallest absolute Gasteiger partial charge is 0.258 e. The number of hydrogen-bond acceptors (Lipinski definition) is 4. The SMILES string of the molecule is CN1C(=O)c2cccc3c(S(=O)(=O)NCC(CO)Cc4ccccc4Cl)ccc1c23. The zero-order valence-corrected chi connectivity index (χ0v) is 17.9. The summed E-state index contributed by atoms with van der Waals surface area (Å²) >= 11 is 6.18. The van der Waals surface area contributed by atoms with Gasteiger partial charge in [-0.1, -0.05) is 41.9 Å². The van der Waals surface area contributed by atoms with Gasteiger partial charge in [0.15, 0.2) is 0 Å². The van der Waals surface area contributed by atoms with Crippen LogP contribution in [0.4, 0.5) is 5.69 Å². The molecule has 3 aromatic rings. The topological polar surface area (TPSA) is 86.7 Å². The van der Waals surface area contributed by atoms with E-state index in [4.69, 9.17) is 11.6 Å². The Bertz CT molecular complexity index is 1240. The van der Waals surface area contributed by atoms with Gasteiger partial charge in [0.1, 0.15) is 0 Å². The van der Waals surface area contributed by atoms with E-state index in [0.29, 0.717) is 33.5 Å². The molecular weight excluding hydrogens is 424 g/mol. The van der Waals surface area contributed by atoms with E-state index in [-0.39, 0.29) is 29.9 Å². The van der Waals surface area contributed by atoms with Gasteiger partial charge in [-0.25, -0.2) is 13.1 Å². The van der Waals surface area contributed by atoms with Crippen LogP contribution in [0.25, 0.3) is 10.8 Å². The molecule has 0 radical (unpaired) electrons. The normalized spacial score (nSPS) is 14.5. The summed E-state index contributed by atoms with van der Waals surface area (Å²) in [6, 6.07) is 15.6. The summed E-state index contributed by atoms with van der Waals surface area (Å²) in [4.78, 5) is 14.0. The number of anilines is 1. The van der Waals surface area contributed by atoms with Gasteiger partial charge >= 0.3 is 0 Å². The average Bonchev–Trinajstić information content (AvgIpc) is 2.99. The van der Waals surface area contributed by atoms with Crippen LogP contribution >= 0.6 is 11.6 Å². The van der Waals surface area contributed by atoms with E-state index in [9.17, 15) is 18.3 Å². The van der Waals surface area contributed by atoms with E-state index in [1.807, 2.05) is 18.2 Å². The summed E-state index contributed by atoms with van der Waals surface area (Å²) in [7, 11) is -2.19. The molecule has 0 fully saturated rings. The molecule has 1 unspecified atom stereocenters. The second kappa shape index (κ2) is 8.00. The van der Waals surface area contributed by atoms with Crippen LogP contribution in [-0.4, -0.2) is 39.6 Å². The fourth-order valence-corrected chi connectivity index (χ4v) is 5.36. The molecule has 4 rings (SSSR count). The molecule has 0 aromatic heterocycles. The highest BCUT2D eigenvalue weighted by Crippen LogP contribution is 2.39. The molecule has 1 aliphatic heterocycles. The van der Waals surface area contributed by atoms with Crippen molar-refractivity contribution in [1.82, 2.24) is 4.72 Å². The van der Waals surface area contributed by atoms with Crippen molar-refractivity contribution in [3.8, 4) is 0 Å². The standard InChI is InChI=1S/C22H21ClN2O4S/c1-25-19-9-10-20(16-6-4-7-17(21(16)19)22(25)27)30(28,29)24-12-14(13-26)11-15-5-2-3-8-18(15)23/h2-10,14,24,26H,11-13H2,1H3. The number of carbonyl (C=O) groups is 1. The summed E-state index contributed by atoms with van der Waals surface area (Å²) < 4.78 is 28.8. The number of rotatable bonds is 7. The molecule has 0 saturated heterocycles. The average molecular weight is 445 g/mol. The fourth-order valence-electron chi connectivity index (χ4n) is 3.82. The third kappa shape index (κ3) is 3.58. The number of halogens is 1. The van der Waals surface area contributed by atoms with E-state index < -0.39 is 10.0 Å². The first-order valence-electron chi connectivity index (χ1n) is 9.51. The lowest BCUT2D eigenvalue weighted by atomic mass is 10.0. The first-order valence-corrected chi connectivity index (χ1v) is 11.4. The summed E-state index contributed by atoms with van der Waals surface area (Å²) in [5.74, 6) is -0.484. The molecule has 3 aromatic carbocycles. The predicted octanol–water partition coefficient (Wildman–Crippen LogP) is 3.21. The van der Waals surface area contributed by atoms with Crippen LogP contribution in [0.3, 0.4) is 0 Å². The van der Waals surface area contributed by atoms with E-state index in [0.717, 1.165) is 5.56 Å². The molecule has 8 heteroatoms. The Morgan fingerprint density at radius 2 is 1.87 bits per heavy atom. The number of hydrogen-bond donors (Lipinski definition) is 2. The zero-order valence-electron chi connectivity index (χ0n) is 16.3. The summed E-state index contributed by atoms with van der Waals surface area (Å²) in [6.07, 6.45) is 0.446. The molecule has 30 heavy (non-hydrogen) atoms. The van der Waals surface area contributed by atoms with Gasteiger partial charge in [-0.3, -0.25) is 4.79 Å². The monoisotopic (exact) mass is 444 g/mol. The van der Waals surface area contributed by atoms with Gasteiger partial charge in [0.05, 0.1) is 10.6 Å². The Balaban J connectivity index is 1.61. The lowest BCUT2D eigenvalue weighted by Crippen LogP contribution is -2.32. The second-order valence-corrected chi connectivity index (χ2v) is 9.51. The number of carbonyl (C=O) groups excluding carboxylic acids is 1. The molecule has 1 heterocycles. The van der Waals surface area contributed by atoms with Gasteiger partial charge in [0.2, 0.25) is 10.0 Å². The minimum atomic E-state index is -3.86. The maximum atomic E-state index is 13.1. The number of amides is 1. The minimum Gasteiger partial charge on any atom is -0.396 e. The third-order valence-corrected chi connectivity index (χ3v) is 7.30. The largest absolute Gasteiger partial charge is 0.396 e. The van der Waals surface area contributed by atoms with Crippen molar-refractivity contribution in [3.05, 3.63) is 70.7 Å². The summed E-state index contributed by atoms with van der Waals surface area (Å²) in [5, 5.41) is 11.5. The minimum absolute atomic E-state index is 0.0613. The number of nitrogens with one attached hydrogen (secondary N) is 1. The van der Waals surface area contributed by atoms with Gasteiger partial charge in [-0.2, -0.15) is 0 Å². The summed E-state index contributed by atoms with van der Waals surface area (Å²) in [5.41, 5.74) is 2.04. The molecule has 1 atom stereocenters. The first kappa shape index (κ1) is 20.8. The maximum absolute atomic E-state index is 13.1. The highest BCUT2D eigenvalue weighted by molar-refractivity contribution is 7.89. The van der Waals surface area contributed by atoms with Crippen LogP contribution in [0.15, 0.2) is 59.5 Å². The quantitative estimate of drug-likeness (QED) is 0.585. The van der Waals surface area contributed by atoms with Crippen molar-refractivity contribution < 1.29 is 18.3 Å². The van der Waals surface area contributed by atoms with Crippen LogP contribution < -0.4 is 9.62 Å². The lowest BCUT2D eigenvalue weighted by molar-refractivity contribution is 0.0999. The Hall–Kier alpha value is -2.45. The lowest BCUT2D eigenvalue weighted by Gasteiger charge is -2.17. The van der Waals surface area contributed by atoms with Gasteiger partial charge in [0, 0.05) is 41.6 Å².